The van der Waals surface area contributed by atoms with E-state index in [1.54, 1.807) is 0 Å². The molecule has 0 bridgehead atoms. The van der Waals surface area contributed by atoms with Crippen LogP contribution in [0.5, 0.6) is 0 Å². The normalized spacial score (nSPS) is 12.2. The summed E-state index contributed by atoms with van der Waals surface area (Å²) in [5.41, 5.74) is -0.823. The van der Waals surface area contributed by atoms with E-state index in [4.69, 9.17) is 0 Å². The molecule has 2 aromatic heterocycles. The Morgan fingerprint density at radius 1 is 0.960 bits per heavy atom. The fraction of sp³-hybridized carbons (Fsp3) is 0.0588. The molecular weight excluding hydrogens is 338 g/mol. The number of hydrogen-bond acceptors (Lipinski definition) is 2. The highest BCUT2D eigenvalue weighted by atomic mass is 19.4. The van der Waals surface area contributed by atoms with Crippen molar-refractivity contribution >= 4 is 22.1 Å². The van der Waals surface area contributed by atoms with Crippen molar-refractivity contribution in [3.63, 3.8) is 0 Å². The predicted octanol–water partition coefficient (Wildman–Crippen LogP) is 4.23. The molecule has 0 aliphatic carbocycles. The molecule has 0 aliphatic heterocycles. The molecule has 4 aromatic rings. The van der Waals surface area contributed by atoms with Crippen molar-refractivity contribution in [3.05, 3.63) is 64.3 Å². The molecular formula is C17H9F4N3O. The first-order valence-electron chi connectivity index (χ1n) is 7.22. The van der Waals surface area contributed by atoms with Gasteiger partial charge in [0.2, 0.25) is 0 Å². The molecule has 4 rings (SSSR count). The highest BCUT2D eigenvalue weighted by molar-refractivity contribution is 5.95. The number of fused-ring (bicyclic) bond motifs is 2. The summed E-state index contributed by atoms with van der Waals surface area (Å²) in [4.78, 5) is 20.3. The summed E-state index contributed by atoms with van der Waals surface area (Å²) in [6, 6.07) is 8.75. The maximum absolute atomic E-state index is 13.8. The summed E-state index contributed by atoms with van der Waals surface area (Å²) < 4.78 is 54.4. The Bertz CT molecular complexity index is 1160. The Morgan fingerprint density at radius 2 is 1.68 bits per heavy atom. The van der Waals surface area contributed by atoms with Crippen LogP contribution in [-0.2, 0) is 6.18 Å². The number of nitrogens with one attached hydrogen (secondary N) is 2. The first-order chi connectivity index (χ1) is 11.8. The van der Waals surface area contributed by atoms with Crippen molar-refractivity contribution in [2.45, 2.75) is 6.18 Å². The molecule has 4 nitrogen and oxygen atoms in total. The van der Waals surface area contributed by atoms with E-state index in [0.29, 0.717) is 0 Å². The van der Waals surface area contributed by atoms with Crippen LogP contribution in [0.15, 0.2) is 47.3 Å². The average molecular weight is 347 g/mol. The molecule has 0 amide bonds. The van der Waals surface area contributed by atoms with Crippen molar-refractivity contribution < 1.29 is 17.6 Å². The Kier molecular flexibility index (Phi) is 3.18. The molecule has 25 heavy (non-hydrogen) atoms. The van der Waals surface area contributed by atoms with Crippen LogP contribution >= 0.6 is 0 Å². The third-order valence-corrected chi connectivity index (χ3v) is 3.92. The number of aromatic nitrogens is 3. The molecule has 0 radical (unpaired) electrons. The van der Waals surface area contributed by atoms with Crippen LogP contribution in [0.3, 0.4) is 0 Å². The standard InChI is InChI=1S/C17H9F4N3O/c18-9-3-1-8(2-4-9)10-5-6-12-11(14(10)17(19,20)21)7-13-15(22-12)24-16(25)23-13/h1-7H,(H2,22,23,24,25). The zero-order chi connectivity index (χ0) is 17.8. The minimum absolute atomic E-state index is 0.0842. The van der Waals surface area contributed by atoms with E-state index < -0.39 is 23.2 Å². The van der Waals surface area contributed by atoms with E-state index in [0.717, 1.165) is 12.1 Å². The third-order valence-electron chi connectivity index (χ3n) is 3.92. The second-order valence-electron chi connectivity index (χ2n) is 5.52. The van der Waals surface area contributed by atoms with Gasteiger partial charge in [0.05, 0.1) is 16.6 Å². The average Bonchev–Trinajstić information content (AvgIpc) is 2.90. The van der Waals surface area contributed by atoms with Gasteiger partial charge in [-0.1, -0.05) is 18.2 Å². The lowest BCUT2D eigenvalue weighted by atomic mass is 9.95. The number of nitrogens with zero attached hydrogens (tertiary/aromatic N) is 1. The van der Waals surface area contributed by atoms with Gasteiger partial charge < -0.3 is 4.98 Å². The topological polar surface area (TPSA) is 61.5 Å². The van der Waals surface area contributed by atoms with Crippen molar-refractivity contribution in [3.8, 4) is 11.1 Å². The highest BCUT2D eigenvalue weighted by Gasteiger charge is 2.36. The summed E-state index contributed by atoms with van der Waals surface area (Å²) in [6.45, 7) is 0. The van der Waals surface area contributed by atoms with Crippen LogP contribution in [0.4, 0.5) is 17.6 Å². The molecule has 2 N–H and O–H groups in total. The van der Waals surface area contributed by atoms with E-state index in [1.165, 1.54) is 30.3 Å². The molecule has 2 heterocycles. The lowest BCUT2D eigenvalue weighted by molar-refractivity contribution is -0.135. The summed E-state index contributed by atoms with van der Waals surface area (Å²) >= 11 is 0. The molecule has 0 saturated heterocycles. The number of H-pyrrole nitrogens is 2. The minimum atomic E-state index is -4.66. The lowest BCUT2D eigenvalue weighted by Gasteiger charge is -2.16. The van der Waals surface area contributed by atoms with Crippen molar-refractivity contribution in [1.82, 2.24) is 15.0 Å². The minimum Gasteiger partial charge on any atom is -0.304 e. The van der Waals surface area contributed by atoms with Crippen molar-refractivity contribution in [2.24, 2.45) is 0 Å². The number of halogens is 4. The molecule has 0 saturated carbocycles. The van der Waals surface area contributed by atoms with Gasteiger partial charge in [0.25, 0.3) is 0 Å². The smallest absolute Gasteiger partial charge is 0.304 e. The molecule has 2 aromatic carbocycles. The highest BCUT2D eigenvalue weighted by Crippen LogP contribution is 2.41. The first kappa shape index (κ1) is 15.4. The first-order valence-corrected chi connectivity index (χ1v) is 7.22. The fourth-order valence-electron chi connectivity index (χ4n) is 2.87. The summed E-state index contributed by atoms with van der Waals surface area (Å²) in [7, 11) is 0. The Balaban J connectivity index is 2.11. The van der Waals surface area contributed by atoms with E-state index in [2.05, 4.69) is 15.0 Å². The van der Waals surface area contributed by atoms with E-state index in [1.807, 2.05) is 0 Å². The van der Waals surface area contributed by atoms with Crippen LogP contribution in [0.1, 0.15) is 5.56 Å². The lowest BCUT2D eigenvalue weighted by Crippen LogP contribution is -2.08. The Hall–Kier alpha value is -3.16. The van der Waals surface area contributed by atoms with Gasteiger partial charge in [-0.3, -0.25) is 4.98 Å². The van der Waals surface area contributed by atoms with Crippen molar-refractivity contribution in [2.75, 3.05) is 0 Å². The van der Waals surface area contributed by atoms with E-state index in [-0.39, 0.29) is 33.2 Å². The van der Waals surface area contributed by atoms with Gasteiger partial charge in [-0.05, 0) is 35.4 Å². The SMILES string of the molecule is O=c1[nH]c2cc3c(C(F)(F)F)c(-c4ccc(F)cc4)ccc3nc2[nH]1. The maximum atomic E-state index is 13.8. The second-order valence-corrected chi connectivity index (χ2v) is 5.52. The molecule has 0 spiro atoms. The maximum Gasteiger partial charge on any atom is 0.417 e. The number of pyridine rings is 1. The largest absolute Gasteiger partial charge is 0.417 e. The fourth-order valence-corrected chi connectivity index (χ4v) is 2.87. The summed E-state index contributed by atoms with van der Waals surface area (Å²) in [5, 5.41) is -0.142. The molecule has 126 valence electrons. The van der Waals surface area contributed by atoms with Crippen LogP contribution in [-0.4, -0.2) is 15.0 Å². The predicted molar refractivity (Wildman–Crippen MR) is 84.6 cm³/mol. The number of alkyl halides is 3. The monoisotopic (exact) mass is 347 g/mol. The Labute approximate surface area is 137 Å². The van der Waals surface area contributed by atoms with Crippen LogP contribution in [0, 0.1) is 5.82 Å². The number of benzene rings is 2. The Morgan fingerprint density at radius 3 is 2.36 bits per heavy atom. The van der Waals surface area contributed by atoms with Gasteiger partial charge in [0.1, 0.15) is 5.82 Å². The van der Waals surface area contributed by atoms with Gasteiger partial charge in [0.15, 0.2) is 5.65 Å². The summed E-state index contributed by atoms with van der Waals surface area (Å²) in [5.74, 6) is -0.536. The van der Waals surface area contributed by atoms with Crippen LogP contribution < -0.4 is 5.69 Å². The van der Waals surface area contributed by atoms with Gasteiger partial charge in [-0.15, -0.1) is 0 Å². The van der Waals surface area contributed by atoms with Gasteiger partial charge >= 0.3 is 11.9 Å². The number of aromatic amines is 2. The van der Waals surface area contributed by atoms with E-state index in [9.17, 15) is 22.4 Å². The van der Waals surface area contributed by atoms with E-state index >= 15 is 0 Å². The number of rotatable bonds is 1. The van der Waals surface area contributed by atoms with Crippen LogP contribution in [0.2, 0.25) is 0 Å². The third kappa shape index (κ3) is 2.55. The van der Waals surface area contributed by atoms with Gasteiger partial charge in [-0.25, -0.2) is 14.2 Å². The quantitative estimate of drug-likeness (QED) is 0.506. The number of hydrogen-bond donors (Lipinski definition) is 2. The van der Waals surface area contributed by atoms with Gasteiger partial charge in [0, 0.05) is 5.39 Å². The molecule has 0 aliphatic rings. The zero-order valence-electron chi connectivity index (χ0n) is 12.4. The molecule has 0 fully saturated rings. The summed E-state index contributed by atoms with van der Waals surface area (Å²) in [6.07, 6.45) is -4.66. The zero-order valence-corrected chi connectivity index (χ0v) is 12.4. The molecule has 8 heteroatoms. The second kappa shape index (κ2) is 5.17. The van der Waals surface area contributed by atoms with Gasteiger partial charge in [-0.2, -0.15) is 13.2 Å². The van der Waals surface area contributed by atoms with Crippen molar-refractivity contribution in [1.29, 1.82) is 0 Å². The van der Waals surface area contributed by atoms with Crippen LogP contribution in [0.25, 0.3) is 33.2 Å². The molecule has 0 atom stereocenters. The molecule has 0 unspecified atom stereocenters. The number of imidazole rings is 1.